The zero-order valence-electron chi connectivity index (χ0n) is 31.9. The van der Waals surface area contributed by atoms with Gasteiger partial charge in [-0.1, -0.05) is 45.0 Å². The predicted molar refractivity (Wildman–Crippen MR) is 209 cm³/mol. The van der Waals surface area contributed by atoms with Gasteiger partial charge in [0.05, 0.1) is 12.2 Å². The molecular weight excluding hydrogens is 681 g/mol. The number of hydrogen-bond acceptors (Lipinski definition) is 8. The summed E-state index contributed by atoms with van der Waals surface area (Å²) < 4.78 is 32.7. The molecule has 0 fully saturated rings. The fourth-order valence-corrected chi connectivity index (χ4v) is 33.7. The number of aliphatic hydroxyl groups is 2. The lowest BCUT2D eigenvalue weighted by molar-refractivity contribution is -0.148. The molecule has 0 aromatic heterocycles. The van der Waals surface area contributed by atoms with Crippen molar-refractivity contribution in [1.29, 1.82) is 0 Å². The summed E-state index contributed by atoms with van der Waals surface area (Å²) in [5.41, 5.74) is 1.99. The second kappa shape index (κ2) is 21.3. The molecule has 0 spiro atoms. The van der Waals surface area contributed by atoms with E-state index >= 15 is 0 Å². The molecule has 0 aliphatic heterocycles. The Labute approximate surface area is 290 Å². The Bertz CT molecular complexity index is 921. The Morgan fingerprint density at radius 1 is 0.870 bits per heavy atom. The first kappa shape index (κ1) is 46.0. The Kier molecular flexibility index (Phi) is 21.3. The number of esters is 1. The van der Waals surface area contributed by atoms with E-state index in [1.807, 2.05) is 18.7 Å². The molecule has 0 amide bonds. The van der Waals surface area contributed by atoms with Gasteiger partial charge in [-0.2, -0.15) is 0 Å². The van der Waals surface area contributed by atoms with E-state index < -0.39 is 63.3 Å². The highest BCUT2D eigenvalue weighted by Gasteiger charge is 2.44. The number of ether oxygens (including phenoxy) is 1. The van der Waals surface area contributed by atoms with Crippen molar-refractivity contribution in [3.8, 4) is 0 Å². The molecule has 0 aromatic rings. The van der Waals surface area contributed by atoms with E-state index in [-0.39, 0.29) is 18.5 Å². The van der Waals surface area contributed by atoms with E-state index in [2.05, 4.69) is 85.4 Å². The molecule has 0 heterocycles. The van der Waals surface area contributed by atoms with E-state index in [9.17, 15) is 15.0 Å². The minimum atomic E-state index is -2.43. The number of carbonyl (C=O) groups excluding carboxylic acids is 1. The molecule has 0 bridgehead atoms. The van der Waals surface area contributed by atoms with Crippen LogP contribution in [0.2, 0.25) is 89.1 Å². The normalized spacial score (nSPS) is 18.4. The molecule has 0 aromatic carbocycles. The number of aliphatic hydroxyl groups excluding tert-OH is 2. The zero-order valence-corrected chi connectivity index (χ0v) is 38.0. The highest BCUT2D eigenvalue weighted by Crippen LogP contribution is 2.33. The van der Waals surface area contributed by atoms with Crippen molar-refractivity contribution in [3.63, 3.8) is 0 Å². The third-order valence-corrected chi connectivity index (χ3v) is 32.0. The summed E-state index contributed by atoms with van der Waals surface area (Å²) in [6.45, 7) is 32.1. The Morgan fingerprint density at radius 3 is 2.02 bits per heavy atom. The maximum absolute atomic E-state index is 11.4. The van der Waals surface area contributed by atoms with Gasteiger partial charge >= 0.3 is 23.1 Å². The van der Waals surface area contributed by atoms with Crippen molar-refractivity contribution >= 4 is 57.1 Å². The summed E-state index contributed by atoms with van der Waals surface area (Å²) >= 11 is 0. The molecule has 272 valence electrons. The zero-order chi connectivity index (χ0) is 35.8. The molecule has 0 aliphatic carbocycles. The van der Waals surface area contributed by atoms with Crippen LogP contribution in [0.1, 0.15) is 66.2 Å². The van der Waals surface area contributed by atoms with Crippen LogP contribution >= 0.6 is 0 Å². The first-order valence-corrected chi connectivity index (χ1v) is 34.3. The van der Waals surface area contributed by atoms with E-state index in [1.165, 1.54) is 6.92 Å². The molecule has 0 saturated heterocycles. The lowest BCUT2D eigenvalue weighted by atomic mass is 10.0. The standard InChI is InChI=1S/C32H72O8Si6/c1-15-22-32(36-29(5)33)28-31(35)27-30(34)23-20-19-21-24-46(14,37-41(6)16-2)40-45(13,18-4)26-25-43(9,10)39-44(11,12)38-42(7,8)17-3/h17,19-20,30-32,34-35,41H,3,15-16,18,21-28H2,1-2,4-14H3/b20-19+. The van der Waals surface area contributed by atoms with Gasteiger partial charge in [0.15, 0.2) is 34.0 Å². The van der Waals surface area contributed by atoms with Gasteiger partial charge in [-0.15, -0.1) is 6.58 Å². The van der Waals surface area contributed by atoms with Gasteiger partial charge < -0.3 is 31.4 Å². The van der Waals surface area contributed by atoms with Crippen LogP contribution in [0.4, 0.5) is 0 Å². The van der Waals surface area contributed by atoms with Crippen molar-refractivity contribution < 1.29 is 36.2 Å². The van der Waals surface area contributed by atoms with Gasteiger partial charge in [-0.25, -0.2) is 0 Å². The van der Waals surface area contributed by atoms with Crippen LogP contribution in [0.25, 0.3) is 0 Å². The summed E-state index contributed by atoms with van der Waals surface area (Å²) in [6, 6.07) is 5.11. The van der Waals surface area contributed by atoms with Gasteiger partial charge in [0.1, 0.15) is 6.10 Å². The largest absolute Gasteiger partial charge is 0.462 e. The van der Waals surface area contributed by atoms with Crippen molar-refractivity contribution in [2.24, 2.45) is 0 Å². The first-order chi connectivity index (χ1) is 21.0. The Morgan fingerprint density at radius 2 is 1.50 bits per heavy atom. The van der Waals surface area contributed by atoms with Gasteiger partial charge in [0.2, 0.25) is 0 Å². The third-order valence-electron chi connectivity index (χ3n) is 8.38. The van der Waals surface area contributed by atoms with Crippen LogP contribution in [0.15, 0.2) is 24.4 Å². The number of allylic oxidation sites excluding steroid dienone is 1. The Balaban J connectivity index is 5.29. The second-order valence-corrected chi connectivity index (χ2v) is 38.2. The lowest BCUT2D eigenvalue weighted by Gasteiger charge is -2.41. The molecule has 46 heavy (non-hydrogen) atoms. The van der Waals surface area contributed by atoms with Gasteiger partial charge in [-0.05, 0) is 115 Å². The summed E-state index contributed by atoms with van der Waals surface area (Å²) in [5, 5.41) is 21.0. The number of rotatable bonds is 26. The van der Waals surface area contributed by atoms with Crippen molar-refractivity contribution in [2.75, 3.05) is 0 Å². The van der Waals surface area contributed by atoms with Crippen LogP contribution in [0.3, 0.4) is 0 Å². The minimum absolute atomic E-state index is 0.258. The summed E-state index contributed by atoms with van der Waals surface area (Å²) in [4.78, 5) is 11.4. The van der Waals surface area contributed by atoms with Gasteiger partial charge in [0, 0.05) is 13.3 Å². The molecular formula is C32H72O8Si6. The topological polar surface area (TPSA) is 104 Å². The lowest BCUT2D eigenvalue weighted by Crippen LogP contribution is -2.54. The van der Waals surface area contributed by atoms with Crippen LogP contribution in [-0.2, 0) is 26.0 Å². The number of hydrogen-bond donors (Lipinski definition) is 2. The molecule has 0 saturated carbocycles. The highest BCUT2D eigenvalue weighted by atomic mass is 28.5. The smallest absolute Gasteiger partial charge is 0.314 e. The van der Waals surface area contributed by atoms with E-state index in [0.29, 0.717) is 19.3 Å². The molecule has 6 atom stereocenters. The molecule has 8 nitrogen and oxygen atoms in total. The van der Waals surface area contributed by atoms with Crippen LogP contribution in [-0.4, -0.2) is 85.6 Å². The second-order valence-electron chi connectivity index (χ2n) is 15.1. The van der Waals surface area contributed by atoms with Crippen LogP contribution < -0.4 is 0 Å². The van der Waals surface area contributed by atoms with Crippen molar-refractivity contribution in [1.82, 2.24) is 0 Å². The van der Waals surface area contributed by atoms with Gasteiger partial charge in [0.25, 0.3) is 0 Å². The Hall–Kier alpha value is 0.0113. The van der Waals surface area contributed by atoms with E-state index in [4.69, 9.17) is 21.2 Å². The third kappa shape index (κ3) is 21.2. The number of carbonyl (C=O) groups is 1. The molecule has 2 N–H and O–H groups in total. The quantitative estimate of drug-likeness (QED) is 0.0515. The average Bonchev–Trinajstić information content (AvgIpc) is 2.90. The monoisotopic (exact) mass is 752 g/mol. The predicted octanol–water partition coefficient (Wildman–Crippen LogP) is 8.50. The van der Waals surface area contributed by atoms with E-state index in [1.54, 1.807) is 0 Å². The average molecular weight is 753 g/mol. The highest BCUT2D eigenvalue weighted by molar-refractivity contribution is 6.90. The van der Waals surface area contributed by atoms with Gasteiger partial charge in [-0.3, -0.25) is 4.79 Å². The molecule has 6 unspecified atom stereocenters. The van der Waals surface area contributed by atoms with Crippen LogP contribution in [0.5, 0.6) is 0 Å². The van der Waals surface area contributed by atoms with Crippen molar-refractivity contribution in [2.45, 2.75) is 174 Å². The fourth-order valence-electron chi connectivity index (χ4n) is 5.75. The molecule has 0 rings (SSSR count). The maximum atomic E-state index is 11.4. The summed E-state index contributed by atoms with van der Waals surface area (Å²) in [6.07, 6.45) is 5.95. The summed E-state index contributed by atoms with van der Waals surface area (Å²) in [7, 11) is -12.0. The molecule has 0 radical (unpaired) electrons. The molecule has 14 heteroatoms. The first-order valence-electron chi connectivity index (χ1n) is 17.6. The van der Waals surface area contributed by atoms with E-state index in [0.717, 1.165) is 43.1 Å². The van der Waals surface area contributed by atoms with Crippen molar-refractivity contribution in [3.05, 3.63) is 24.4 Å². The maximum Gasteiger partial charge on any atom is 0.314 e. The summed E-state index contributed by atoms with van der Waals surface area (Å²) in [5.74, 6) is -0.337. The fraction of sp³-hybridized carbons (Fsp3) is 0.844. The SMILES string of the molecule is C=C[Si](C)(C)O[Si](C)(C)O[Si](C)(C)CC[Si](C)(CC)O[Si](C)(CC/C=C/CC(O)CC(O)CC(CCC)OC(C)=O)O[SiH](C)CC. The van der Waals surface area contributed by atoms with Crippen LogP contribution in [0, 0.1) is 0 Å². The molecule has 0 aliphatic rings. The minimum Gasteiger partial charge on any atom is -0.462 e.